The highest BCUT2D eigenvalue weighted by molar-refractivity contribution is 7.99. The van der Waals surface area contributed by atoms with Gasteiger partial charge in [0.05, 0.1) is 5.75 Å². The van der Waals surface area contributed by atoms with Crippen LogP contribution in [0.2, 0.25) is 0 Å². The Bertz CT molecular complexity index is 1040. The van der Waals surface area contributed by atoms with Crippen LogP contribution < -0.4 is 4.74 Å². The average Bonchev–Trinajstić information content (AvgIpc) is 3.25. The maximum absolute atomic E-state index is 12.8. The summed E-state index contributed by atoms with van der Waals surface area (Å²) in [5, 5.41) is 7.63. The molecular weight excluding hydrogens is 410 g/mol. The van der Waals surface area contributed by atoms with Crippen LogP contribution in [0.4, 0.5) is 8.78 Å². The Morgan fingerprint density at radius 1 is 1.23 bits per heavy atom. The number of hydrogen-bond donors (Lipinski definition) is 1. The Labute approximate surface area is 178 Å². The first-order chi connectivity index (χ1) is 14.1. The zero-order chi connectivity index (χ0) is 22.1. The number of benzene rings is 1. The minimum Gasteiger partial charge on any atom is -0.435 e. The van der Waals surface area contributed by atoms with E-state index in [1.807, 2.05) is 45.3 Å². The van der Waals surface area contributed by atoms with E-state index < -0.39 is 6.61 Å². The van der Waals surface area contributed by atoms with Gasteiger partial charge in [-0.3, -0.25) is 9.89 Å². The number of aryl methyl sites for hydroxylation is 1. The van der Waals surface area contributed by atoms with Crippen molar-refractivity contribution in [2.24, 2.45) is 0 Å². The highest BCUT2D eigenvalue weighted by Gasteiger charge is 2.21. The second-order valence-corrected chi connectivity index (χ2v) is 8.86. The van der Waals surface area contributed by atoms with Crippen LogP contribution >= 0.6 is 11.8 Å². The average molecular weight is 435 g/mol. The van der Waals surface area contributed by atoms with E-state index in [1.54, 1.807) is 12.1 Å². The summed E-state index contributed by atoms with van der Waals surface area (Å²) in [6, 6.07) is 8.16. The van der Waals surface area contributed by atoms with Crippen LogP contribution in [0, 0.1) is 13.8 Å². The Balaban J connectivity index is 1.74. The van der Waals surface area contributed by atoms with Crippen LogP contribution in [-0.4, -0.2) is 37.9 Å². The Morgan fingerprint density at radius 2 is 1.90 bits per heavy atom. The number of aromatic amines is 1. The van der Waals surface area contributed by atoms with Gasteiger partial charge in [0.1, 0.15) is 11.6 Å². The number of ketones is 1. The lowest BCUT2D eigenvalue weighted by molar-refractivity contribution is -0.0498. The molecule has 0 radical (unpaired) electrons. The summed E-state index contributed by atoms with van der Waals surface area (Å²) in [6.07, 6.45) is 0. The minimum atomic E-state index is -2.86. The summed E-state index contributed by atoms with van der Waals surface area (Å²) in [5.41, 5.74) is 2.89. The molecule has 0 aliphatic rings. The van der Waals surface area contributed by atoms with Crippen molar-refractivity contribution >= 4 is 17.5 Å². The van der Waals surface area contributed by atoms with Crippen molar-refractivity contribution in [2.45, 2.75) is 51.8 Å². The van der Waals surface area contributed by atoms with E-state index in [4.69, 9.17) is 0 Å². The largest absolute Gasteiger partial charge is 0.435 e. The first-order valence-corrected chi connectivity index (χ1v) is 10.4. The fourth-order valence-corrected chi connectivity index (χ4v) is 3.76. The molecule has 1 N–H and O–H groups in total. The molecule has 0 aliphatic heterocycles. The minimum absolute atomic E-state index is 0.0286. The highest BCUT2D eigenvalue weighted by Crippen LogP contribution is 2.26. The Kier molecular flexibility index (Phi) is 6.30. The summed E-state index contributed by atoms with van der Waals surface area (Å²) in [4.78, 5) is 17.3. The van der Waals surface area contributed by atoms with Crippen molar-refractivity contribution in [1.29, 1.82) is 0 Å². The van der Waals surface area contributed by atoms with Crippen LogP contribution in [-0.2, 0) is 5.41 Å². The van der Waals surface area contributed by atoms with Crippen LogP contribution in [0.5, 0.6) is 5.75 Å². The van der Waals surface area contributed by atoms with Crippen molar-refractivity contribution in [3.63, 3.8) is 0 Å². The number of aromatic nitrogens is 4. The number of halogens is 2. The first-order valence-electron chi connectivity index (χ1n) is 9.39. The molecule has 3 aromatic rings. The molecule has 30 heavy (non-hydrogen) atoms. The lowest BCUT2D eigenvalue weighted by atomic mass is 9.96. The van der Waals surface area contributed by atoms with Gasteiger partial charge in [-0.1, -0.05) is 32.5 Å². The van der Waals surface area contributed by atoms with E-state index >= 15 is 0 Å². The van der Waals surface area contributed by atoms with E-state index in [0.717, 1.165) is 22.9 Å². The number of rotatable bonds is 7. The van der Waals surface area contributed by atoms with Gasteiger partial charge >= 0.3 is 6.61 Å². The van der Waals surface area contributed by atoms with Crippen LogP contribution in [0.1, 0.15) is 48.3 Å². The number of alkyl halides is 2. The van der Waals surface area contributed by atoms with Crippen molar-refractivity contribution < 1.29 is 18.3 Å². The summed E-state index contributed by atoms with van der Waals surface area (Å²) >= 11 is 1.29. The molecule has 1 aromatic carbocycles. The molecule has 9 heteroatoms. The molecule has 0 saturated carbocycles. The molecule has 0 unspecified atom stereocenters. The molecule has 160 valence electrons. The molecule has 6 nitrogen and oxygen atoms in total. The second kappa shape index (κ2) is 8.59. The molecule has 2 heterocycles. The fourth-order valence-electron chi connectivity index (χ4n) is 3.07. The van der Waals surface area contributed by atoms with Crippen molar-refractivity contribution in [2.75, 3.05) is 5.75 Å². The number of ether oxygens (including phenoxy) is 1. The summed E-state index contributed by atoms with van der Waals surface area (Å²) in [5.74, 6) is 1.05. The summed E-state index contributed by atoms with van der Waals surface area (Å²) in [6.45, 7) is 7.00. The quantitative estimate of drug-likeness (QED) is 0.414. The number of Topliss-reactive ketones (excluding diaryl/α,β-unsaturated/α-hetero) is 1. The van der Waals surface area contributed by atoms with Crippen molar-refractivity contribution in [3.8, 4) is 11.4 Å². The van der Waals surface area contributed by atoms with Crippen molar-refractivity contribution in [3.05, 3.63) is 53.1 Å². The molecule has 0 saturated heterocycles. The topological polar surface area (TPSA) is 72.8 Å². The van der Waals surface area contributed by atoms with E-state index in [-0.39, 0.29) is 22.7 Å². The van der Waals surface area contributed by atoms with E-state index in [9.17, 15) is 13.6 Å². The number of carbonyl (C=O) groups excluding carboxylic acids is 1. The lowest BCUT2D eigenvalue weighted by Crippen LogP contribution is -2.13. The molecule has 3 rings (SSSR count). The van der Waals surface area contributed by atoms with Gasteiger partial charge in [-0.2, -0.15) is 8.78 Å². The lowest BCUT2D eigenvalue weighted by Gasteiger charge is -2.12. The maximum Gasteiger partial charge on any atom is 0.387 e. The van der Waals surface area contributed by atoms with Gasteiger partial charge in [0, 0.05) is 28.1 Å². The third kappa shape index (κ3) is 4.89. The third-order valence-corrected chi connectivity index (χ3v) is 5.41. The first kappa shape index (κ1) is 22.0. The monoisotopic (exact) mass is 434 g/mol. The fraction of sp³-hybridized carbons (Fsp3) is 0.381. The number of H-pyrrole nitrogens is 1. The number of thioether (sulfide) groups is 1. The predicted molar refractivity (Wildman–Crippen MR) is 112 cm³/mol. The molecule has 0 atom stereocenters. The number of carbonyl (C=O) groups is 1. The normalized spacial score (nSPS) is 11.9. The Hall–Kier alpha value is -2.68. The number of nitrogens with zero attached hydrogens (tertiary/aromatic N) is 3. The van der Waals surface area contributed by atoms with E-state index in [0.29, 0.717) is 10.7 Å². The molecular formula is C21H24F2N4O2S. The molecule has 0 aliphatic carbocycles. The van der Waals surface area contributed by atoms with Gasteiger partial charge in [0.25, 0.3) is 0 Å². The third-order valence-electron chi connectivity index (χ3n) is 4.56. The molecule has 0 bridgehead atoms. The zero-order valence-corrected chi connectivity index (χ0v) is 18.3. The van der Waals surface area contributed by atoms with Gasteiger partial charge in [-0.05, 0) is 44.2 Å². The van der Waals surface area contributed by atoms with Crippen molar-refractivity contribution in [1.82, 2.24) is 19.7 Å². The van der Waals surface area contributed by atoms with Crippen LogP contribution in [0.15, 0.2) is 35.5 Å². The molecule has 0 amide bonds. The standard InChI is InChI=1S/C21H24F2N4O2S/c1-12-10-16(17(28)11-30-20-24-18(25-26-20)21(3,4)5)13(2)27(12)14-6-8-15(9-7-14)29-19(22)23/h6-10,19H,11H2,1-5H3,(H,24,25,26). The Morgan fingerprint density at radius 3 is 2.47 bits per heavy atom. The molecule has 0 fully saturated rings. The number of hydrogen-bond acceptors (Lipinski definition) is 5. The summed E-state index contributed by atoms with van der Waals surface area (Å²) in [7, 11) is 0. The van der Waals surface area contributed by atoms with Gasteiger partial charge in [0.15, 0.2) is 5.78 Å². The van der Waals surface area contributed by atoms with Gasteiger partial charge in [0.2, 0.25) is 5.16 Å². The SMILES string of the molecule is Cc1cc(C(=O)CSc2n[nH]c(C(C)(C)C)n2)c(C)n1-c1ccc(OC(F)F)cc1. The van der Waals surface area contributed by atoms with Gasteiger partial charge < -0.3 is 9.30 Å². The maximum atomic E-state index is 12.8. The highest BCUT2D eigenvalue weighted by atomic mass is 32.2. The van der Waals surface area contributed by atoms with Crippen LogP contribution in [0.3, 0.4) is 0 Å². The van der Waals surface area contributed by atoms with E-state index in [1.165, 1.54) is 23.9 Å². The molecule has 2 aromatic heterocycles. The zero-order valence-electron chi connectivity index (χ0n) is 17.5. The van der Waals surface area contributed by atoms with Gasteiger partial charge in [-0.15, -0.1) is 5.10 Å². The predicted octanol–water partition coefficient (Wildman–Crippen LogP) is 5.09. The second-order valence-electron chi connectivity index (χ2n) is 7.92. The summed E-state index contributed by atoms with van der Waals surface area (Å²) < 4.78 is 31.0. The van der Waals surface area contributed by atoms with Gasteiger partial charge in [-0.25, -0.2) is 4.98 Å². The van der Waals surface area contributed by atoms with E-state index in [2.05, 4.69) is 19.9 Å². The smallest absolute Gasteiger partial charge is 0.387 e. The van der Waals surface area contributed by atoms with Crippen LogP contribution in [0.25, 0.3) is 5.69 Å². The number of nitrogens with one attached hydrogen (secondary N) is 1. The molecule has 0 spiro atoms.